The zero-order valence-electron chi connectivity index (χ0n) is 13.4. The molecule has 0 radical (unpaired) electrons. The van der Waals surface area contributed by atoms with Crippen LogP contribution in [0, 0.1) is 5.82 Å². The van der Waals surface area contributed by atoms with Gasteiger partial charge in [0.15, 0.2) is 11.9 Å². The summed E-state index contributed by atoms with van der Waals surface area (Å²) >= 11 is 5.89. The molecule has 2 aromatic rings. The Labute approximate surface area is 138 Å². The highest BCUT2D eigenvalue weighted by molar-refractivity contribution is 6.31. The number of aromatic nitrogens is 2. The summed E-state index contributed by atoms with van der Waals surface area (Å²) in [6.45, 7) is 7.44. The molecule has 0 aliphatic rings. The summed E-state index contributed by atoms with van der Waals surface area (Å²) < 4.78 is 24.0. The molecular weight excluding hydrogens is 323 g/mol. The zero-order chi connectivity index (χ0) is 17.2. The summed E-state index contributed by atoms with van der Waals surface area (Å²) in [4.78, 5) is 16.2. The lowest BCUT2D eigenvalue weighted by Crippen LogP contribution is -2.15. The lowest BCUT2D eigenvalue weighted by atomic mass is 9.96. The highest BCUT2D eigenvalue weighted by atomic mass is 35.5. The lowest BCUT2D eigenvalue weighted by molar-refractivity contribution is -0.149. The fourth-order valence-corrected chi connectivity index (χ4v) is 2.07. The third-order valence-corrected chi connectivity index (χ3v) is 3.51. The lowest BCUT2D eigenvalue weighted by Gasteiger charge is -2.12. The first-order valence-electron chi connectivity index (χ1n) is 7.15. The summed E-state index contributed by atoms with van der Waals surface area (Å²) in [5.74, 6) is -0.453. The van der Waals surface area contributed by atoms with Gasteiger partial charge in [0.25, 0.3) is 5.89 Å². The summed E-state index contributed by atoms with van der Waals surface area (Å²) in [5, 5.41) is 4.05. The molecule has 124 valence electrons. The van der Waals surface area contributed by atoms with E-state index in [1.165, 1.54) is 18.2 Å². The van der Waals surface area contributed by atoms with Gasteiger partial charge in [0.1, 0.15) is 5.82 Å². The average Bonchev–Trinajstić information content (AvgIpc) is 2.93. The van der Waals surface area contributed by atoms with Crippen LogP contribution in [0.15, 0.2) is 22.7 Å². The minimum Gasteiger partial charge on any atom is -0.452 e. The van der Waals surface area contributed by atoms with Crippen LogP contribution in [-0.4, -0.2) is 16.1 Å². The topological polar surface area (TPSA) is 65.2 Å². The maximum atomic E-state index is 13.7. The van der Waals surface area contributed by atoms with Crippen molar-refractivity contribution in [1.82, 2.24) is 10.1 Å². The Balaban J connectivity index is 2.04. The van der Waals surface area contributed by atoms with Crippen LogP contribution in [0.3, 0.4) is 0 Å². The number of hydrogen-bond acceptors (Lipinski definition) is 5. The molecule has 0 amide bonds. The molecule has 0 saturated heterocycles. The third-order valence-electron chi connectivity index (χ3n) is 3.15. The second-order valence-electron chi connectivity index (χ2n) is 6.22. The van der Waals surface area contributed by atoms with E-state index in [0.717, 1.165) is 0 Å². The first-order chi connectivity index (χ1) is 10.7. The Morgan fingerprint density at radius 3 is 2.70 bits per heavy atom. The van der Waals surface area contributed by atoms with Crippen molar-refractivity contribution in [2.75, 3.05) is 0 Å². The number of benzene rings is 1. The van der Waals surface area contributed by atoms with Gasteiger partial charge in [0.2, 0.25) is 0 Å². The average molecular weight is 341 g/mol. The van der Waals surface area contributed by atoms with Crippen molar-refractivity contribution >= 4 is 17.6 Å². The maximum Gasteiger partial charge on any atom is 0.311 e. The number of nitrogens with zero attached hydrogens (tertiary/aromatic N) is 2. The van der Waals surface area contributed by atoms with Crippen LogP contribution in [-0.2, 0) is 21.4 Å². The van der Waals surface area contributed by atoms with Crippen LogP contribution in [0.5, 0.6) is 0 Å². The highest BCUT2D eigenvalue weighted by Crippen LogP contribution is 2.24. The molecule has 1 heterocycles. The zero-order valence-corrected chi connectivity index (χ0v) is 14.1. The molecule has 0 spiro atoms. The van der Waals surface area contributed by atoms with Gasteiger partial charge in [-0.3, -0.25) is 4.79 Å². The highest BCUT2D eigenvalue weighted by Gasteiger charge is 2.25. The van der Waals surface area contributed by atoms with Gasteiger partial charge in [-0.05, 0) is 19.1 Å². The number of carbonyl (C=O) groups is 1. The molecule has 5 nitrogen and oxygen atoms in total. The molecule has 1 unspecified atom stereocenters. The normalized spacial score (nSPS) is 13.0. The van der Waals surface area contributed by atoms with Crippen LogP contribution in [0.25, 0.3) is 0 Å². The van der Waals surface area contributed by atoms with Crippen LogP contribution in [0.1, 0.15) is 51.1 Å². The molecule has 1 aromatic heterocycles. The van der Waals surface area contributed by atoms with E-state index in [9.17, 15) is 9.18 Å². The van der Waals surface area contributed by atoms with E-state index < -0.39 is 17.9 Å². The Morgan fingerprint density at radius 1 is 1.43 bits per heavy atom. The van der Waals surface area contributed by atoms with Gasteiger partial charge in [-0.15, -0.1) is 0 Å². The molecule has 0 N–H and O–H groups in total. The Bertz CT molecular complexity index is 689. The number of hydrogen-bond donors (Lipinski definition) is 0. The molecule has 23 heavy (non-hydrogen) atoms. The largest absolute Gasteiger partial charge is 0.452 e. The Hall–Kier alpha value is -1.95. The second-order valence-corrected chi connectivity index (χ2v) is 6.62. The second kappa shape index (κ2) is 6.66. The summed E-state index contributed by atoms with van der Waals surface area (Å²) in [6.07, 6.45) is -0.993. The van der Waals surface area contributed by atoms with Crippen molar-refractivity contribution in [3.63, 3.8) is 0 Å². The van der Waals surface area contributed by atoms with Crippen LogP contribution < -0.4 is 0 Å². The minimum absolute atomic E-state index is 0.104. The van der Waals surface area contributed by atoms with Gasteiger partial charge in [-0.2, -0.15) is 4.98 Å². The molecule has 7 heteroatoms. The van der Waals surface area contributed by atoms with Crippen LogP contribution in [0.4, 0.5) is 4.39 Å². The minimum atomic E-state index is -0.725. The summed E-state index contributed by atoms with van der Waals surface area (Å²) in [5.41, 5.74) is -0.168. The predicted octanol–water partition coefficient (Wildman–Crippen LogP) is 4.01. The molecule has 1 atom stereocenters. The van der Waals surface area contributed by atoms with Gasteiger partial charge in [0.05, 0.1) is 6.42 Å². The van der Waals surface area contributed by atoms with Crippen molar-refractivity contribution in [3.05, 3.63) is 46.3 Å². The van der Waals surface area contributed by atoms with Gasteiger partial charge < -0.3 is 9.26 Å². The quantitative estimate of drug-likeness (QED) is 0.787. The third kappa shape index (κ3) is 4.28. The fourth-order valence-electron chi connectivity index (χ4n) is 1.84. The van der Waals surface area contributed by atoms with Crippen LogP contribution >= 0.6 is 11.6 Å². The van der Waals surface area contributed by atoms with Crippen molar-refractivity contribution in [2.24, 2.45) is 0 Å². The van der Waals surface area contributed by atoms with Gasteiger partial charge in [-0.25, -0.2) is 4.39 Å². The molecule has 1 aromatic carbocycles. The standard InChI is InChI=1S/C16H18ClFN2O3/c1-9(14-19-15(20-23-14)16(2,3)4)22-13(21)8-10-11(17)6-5-7-12(10)18/h5-7,9H,8H2,1-4H3. The van der Waals surface area contributed by atoms with Gasteiger partial charge >= 0.3 is 5.97 Å². The van der Waals surface area contributed by atoms with Crippen LogP contribution in [0.2, 0.25) is 5.02 Å². The molecule has 0 fully saturated rings. The van der Waals surface area contributed by atoms with E-state index in [-0.39, 0.29) is 28.3 Å². The number of halogens is 2. The van der Waals surface area contributed by atoms with E-state index in [1.807, 2.05) is 20.8 Å². The fraction of sp³-hybridized carbons (Fsp3) is 0.438. The number of carbonyl (C=O) groups excluding carboxylic acids is 1. The van der Waals surface area contributed by atoms with E-state index >= 15 is 0 Å². The van der Waals surface area contributed by atoms with E-state index in [0.29, 0.717) is 5.82 Å². The smallest absolute Gasteiger partial charge is 0.311 e. The van der Waals surface area contributed by atoms with E-state index in [4.69, 9.17) is 20.9 Å². The maximum absolute atomic E-state index is 13.7. The van der Waals surface area contributed by atoms with E-state index in [2.05, 4.69) is 10.1 Å². The van der Waals surface area contributed by atoms with Crippen molar-refractivity contribution in [3.8, 4) is 0 Å². The van der Waals surface area contributed by atoms with Crippen molar-refractivity contribution in [2.45, 2.75) is 45.6 Å². The SMILES string of the molecule is CC(OC(=O)Cc1c(F)cccc1Cl)c1nc(C(C)(C)C)no1. The van der Waals surface area contributed by atoms with Crippen molar-refractivity contribution < 1.29 is 18.4 Å². The number of rotatable bonds is 4. The molecule has 2 rings (SSSR count). The Kier molecular flexibility index (Phi) is 5.04. The molecule has 0 saturated carbocycles. The predicted molar refractivity (Wildman–Crippen MR) is 82.6 cm³/mol. The Morgan fingerprint density at radius 2 is 2.13 bits per heavy atom. The van der Waals surface area contributed by atoms with Gasteiger partial charge in [-0.1, -0.05) is 43.6 Å². The summed E-state index contributed by atoms with van der Waals surface area (Å²) in [7, 11) is 0. The number of ether oxygens (including phenoxy) is 1. The monoisotopic (exact) mass is 340 g/mol. The van der Waals surface area contributed by atoms with Crippen molar-refractivity contribution in [1.29, 1.82) is 0 Å². The first-order valence-corrected chi connectivity index (χ1v) is 7.52. The molecule has 0 bridgehead atoms. The molecular formula is C16H18ClFN2O3. The molecule has 0 aliphatic heterocycles. The number of esters is 1. The first kappa shape index (κ1) is 17.4. The van der Waals surface area contributed by atoms with Gasteiger partial charge in [0, 0.05) is 16.0 Å². The summed E-state index contributed by atoms with van der Waals surface area (Å²) in [6, 6.07) is 4.23. The van der Waals surface area contributed by atoms with E-state index in [1.54, 1.807) is 6.92 Å². The molecule has 0 aliphatic carbocycles.